The van der Waals surface area contributed by atoms with Gasteiger partial charge in [0.2, 0.25) is 5.91 Å². The van der Waals surface area contributed by atoms with Gasteiger partial charge in [0, 0.05) is 17.9 Å². The smallest absolute Gasteiger partial charge is 0.338 e. The summed E-state index contributed by atoms with van der Waals surface area (Å²) in [5, 5.41) is 0.607. The number of anilines is 1. The largest absolute Gasteiger partial charge is 0.456 e. The van der Waals surface area contributed by atoms with E-state index >= 15 is 0 Å². The van der Waals surface area contributed by atoms with E-state index in [1.807, 2.05) is 37.3 Å². The molecule has 1 saturated heterocycles. The number of nitrogens with zero attached hydrogens (tertiary/aromatic N) is 1. The highest BCUT2D eigenvalue weighted by Gasteiger charge is 2.40. The molecular weight excluding hydrogens is 370 g/mol. The van der Waals surface area contributed by atoms with Crippen LogP contribution in [0.2, 0.25) is 0 Å². The minimum Gasteiger partial charge on any atom is -0.456 e. The van der Waals surface area contributed by atoms with Crippen LogP contribution in [0.4, 0.5) is 5.69 Å². The molecule has 0 aliphatic carbocycles. The molecule has 0 bridgehead atoms. The van der Waals surface area contributed by atoms with Gasteiger partial charge in [-0.05, 0) is 30.5 Å². The summed E-state index contributed by atoms with van der Waals surface area (Å²) in [6.45, 7) is 1.94. The maximum absolute atomic E-state index is 13.0. The van der Waals surface area contributed by atoms with E-state index in [2.05, 4.69) is 0 Å². The van der Waals surface area contributed by atoms with Crippen molar-refractivity contribution < 1.29 is 18.7 Å². The van der Waals surface area contributed by atoms with E-state index in [1.54, 1.807) is 24.3 Å². The molecule has 4 rings (SSSR count). The van der Waals surface area contributed by atoms with Crippen LogP contribution in [0.5, 0.6) is 0 Å². The van der Waals surface area contributed by atoms with E-state index in [-0.39, 0.29) is 18.4 Å². The van der Waals surface area contributed by atoms with E-state index in [9.17, 15) is 14.4 Å². The Morgan fingerprint density at radius 2 is 1.86 bits per heavy atom. The van der Waals surface area contributed by atoms with Crippen LogP contribution in [-0.2, 0) is 14.3 Å². The molecule has 0 N–H and O–H groups in total. The van der Waals surface area contributed by atoms with Gasteiger partial charge in [-0.15, -0.1) is 0 Å². The second-order valence-electron chi connectivity index (χ2n) is 7.01. The van der Waals surface area contributed by atoms with Crippen molar-refractivity contribution in [1.29, 1.82) is 0 Å². The fraction of sp³-hybridized carbons (Fsp3) is 0.261. The van der Waals surface area contributed by atoms with Gasteiger partial charge in [-0.3, -0.25) is 9.69 Å². The summed E-state index contributed by atoms with van der Waals surface area (Å²) < 4.78 is 11.0. The topological polar surface area (TPSA) is 76.8 Å². The molecule has 6 heteroatoms. The number of carbonyl (C=O) groups is 2. The number of ether oxygens (including phenoxy) is 1. The van der Waals surface area contributed by atoms with Gasteiger partial charge in [-0.25, -0.2) is 9.59 Å². The molecule has 29 heavy (non-hydrogen) atoms. The molecule has 2 heterocycles. The molecule has 2 atom stereocenters. The lowest BCUT2D eigenvalue weighted by Crippen LogP contribution is -2.40. The summed E-state index contributed by atoms with van der Waals surface area (Å²) in [4.78, 5) is 39.1. The lowest BCUT2D eigenvalue weighted by atomic mass is 10.1. The van der Waals surface area contributed by atoms with Crippen molar-refractivity contribution in [3.05, 3.63) is 76.6 Å². The molecule has 6 nitrogen and oxygen atoms in total. The molecule has 0 unspecified atom stereocenters. The van der Waals surface area contributed by atoms with Gasteiger partial charge in [0.25, 0.3) is 0 Å². The average molecular weight is 391 g/mol. The molecule has 1 fully saturated rings. The summed E-state index contributed by atoms with van der Waals surface area (Å²) in [6, 6.07) is 17.0. The lowest BCUT2D eigenvalue weighted by Gasteiger charge is -2.26. The van der Waals surface area contributed by atoms with Crippen LogP contribution in [-0.4, -0.2) is 17.9 Å². The number of hydrogen-bond acceptors (Lipinski definition) is 5. The van der Waals surface area contributed by atoms with Gasteiger partial charge in [0.15, 0.2) is 0 Å². The Morgan fingerprint density at radius 3 is 2.62 bits per heavy atom. The summed E-state index contributed by atoms with van der Waals surface area (Å²) in [7, 11) is 0. The number of rotatable bonds is 5. The van der Waals surface area contributed by atoms with Crippen molar-refractivity contribution in [1.82, 2.24) is 0 Å². The normalized spacial score (nSPS) is 17.5. The van der Waals surface area contributed by atoms with Gasteiger partial charge in [-0.2, -0.15) is 0 Å². The SMILES string of the molecule is CC[C@@H](OC(=O)[C@@H]1CCC(=O)N1c1cc(=O)oc2ccccc12)c1ccccc1. The van der Waals surface area contributed by atoms with Crippen molar-refractivity contribution in [2.45, 2.75) is 38.3 Å². The van der Waals surface area contributed by atoms with Gasteiger partial charge in [0.05, 0.1) is 5.69 Å². The molecule has 1 amide bonds. The van der Waals surface area contributed by atoms with Crippen LogP contribution in [0.3, 0.4) is 0 Å². The Labute approximate surface area is 167 Å². The summed E-state index contributed by atoms with van der Waals surface area (Å²) in [6.07, 6.45) is 0.793. The number of esters is 1. The van der Waals surface area contributed by atoms with E-state index < -0.39 is 17.6 Å². The highest BCUT2D eigenvalue weighted by molar-refractivity contribution is 6.07. The molecule has 1 aliphatic heterocycles. The van der Waals surface area contributed by atoms with Crippen molar-refractivity contribution >= 4 is 28.5 Å². The Balaban J connectivity index is 1.67. The quantitative estimate of drug-likeness (QED) is 0.486. The van der Waals surface area contributed by atoms with Crippen molar-refractivity contribution in [2.24, 2.45) is 0 Å². The molecule has 1 aromatic heterocycles. The number of carbonyl (C=O) groups excluding carboxylic acids is 2. The first-order valence-electron chi connectivity index (χ1n) is 9.69. The number of benzene rings is 2. The summed E-state index contributed by atoms with van der Waals surface area (Å²) in [5.74, 6) is -0.681. The molecule has 2 aromatic carbocycles. The molecule has 3 aromatic rings. The van der Waals surface area contributed by atoms with Crippen LogP contribution >= 0.6 is 0 Å². The van der Waals surface area contributed by atoms with E-state index in [0.29, 0.717) is 29.5 Å². The summed E-state index contributed by atoms with van der Waals surface area (Å²) in [5.41, 5.74) is 1.10. The standard InChI is InChI=1S/C23H21NO5/c1-2-19(15-8-4-3-5-9-15)29-23(27)17-12-13-21(25)24(17)18-14-22(26)28-20-11-7-6-10-16(18)20/h3-11,14,17,19H,2,12-13H2,1H3/t17-,19+/m0/s1. The first-order valence-corrected chi connectivity index (χ1v) is 9.69. The number of fused-ring (bicyclic) bond motifs is 1. The van der Waals surface area contributed by atoms with Gasteiger partial charge in [0.1, 0.15) is 17.7 Å². The molecule has 0 saturated carbocycles. The zero-order chi connectivity index (χ0) is 20.4. The van der Waals surface area contributed by atoms with Gasteiger partial charge in [-0.1, -0.05) is 49.4 Å². The van der Waals surface area contributed by atoms with Gasteiger partial charge >= 0.3 is 11.6 Å². The van der Waals surface area contributed by atoms with Crippen molar-refractivity contribution in [3.63, 3.8) is 0 Å². The van der Waals surface area contributed by atoms with Crippen LogP contribution in [0, 0.1) is 0 Å². The van der Waals surface area contributed by atoms with Crippen molar-refractivity contribution in [2.75, 3.05) is 4.90 Å². The second kappa shape index (κ2) is 7.91. The third-order valence-corrected chi connectivity index (χ3v) is 5.17. The predicted molar refractivity (Wildman–Crippen MR) is 109 cm³/mol. The van der Waals surface area contributed by atoms with E-state index in [4.69, 9.17) is 9.15 Å². The van der Waals surface area contributed by atoms with Gasteiger partial charge < -0.3 is 9.15 Å². The Bertz CT molecular complexity index is 1100. The second-order valence-corrected chi connectivity index (χ2v) is 7.01. The zero-order valence-electron chi connectivity index (χ0n) is 16.0. The van der Waals surface area contributed by atoms with Crippen LogP contribution in [0.15, 0.2) is 69.9 Å². The molecular formula is C23H21NO5. The minimum atomic E-state index is -0.773. The molecule has 148 valence electrons. The lowest BCUT2D eigenvalue weighted by molar-refractivity contribution is -0.151. The maximum Gasteiger partial charge on any atom is 0.338 e. The highest BCUT2D eigenvalue weighted by atomic mass is 16.5. The third-order valence-electron chi connectivity index (χ3n) is 5.17. The zero-order valence-corrected chi connectivity index (χ0v) is 16.0. The van der Waals surface area contributed by atoms with Crippen LogP contribution in [0.1, 0.15) is 37.9 Å². The van der Waals surface area contributed by atoms with Crippen LogP contribution < -0.4 is 10.5 Å². The fourth-order valence-corrected chi connectivity index (χ4v) is 3.78. The van der Waals surface area contributed by atoms with Crippen LogP contribution in [0.25, 0.3) is 11.0 Å². The Kier molecular flexibility index (Phi) is 5.16. The summed E-state index contributed by atoms with van der Waals surface area (Å²) >= 11 is 0. The fourth-order valence-electron chi connectivity index (χ4n) is 3.78. The molecule has 0 spiro atoms. The first-order chi connectivity index (χ1) is 14.1. The van der Waals surface area contributed by atoms with E-state index in [0.717, 1.165) is 5.56 Å². The predicted octanol–water partition coefficient (Wildman–Crippen LogP) is 3.98. The minimum absolute atomic E-state index is 0.213. The van der Waals surface area contributed by atoms with Crippen molar-refractivity contribution in [3.8, 4) is 0 Å². The monoisotopic (exact) mass is 391 g/mol. The van der Waals surface area contributed by atoms with E-state index in [1.165, 1.54) is 11.0 Å². The number of amides is 1. The number of para-hydroxylation sites is 1. The molecule has 1 aliphatic rings. The molecule has 0 radical (unpaired) electrons. The Morgan fingerprint density at radius 1 is 1.14 bits per heavy atom. The average Bonchev–Trinajstić information content (AvgIpc) is 3.13. The Hall–Kier alpha value is -3.41. The first kappa shape index (κ1) is 18.9. The highest BCUT2D eigenvalue weighted by Crippen LogP contribution is 2.33. The number of hydrogen-bond donors (Lipinski definition) is 0. The third kappa shape index (κ3) is 3.66. The maximum atomic E-state index is 13.0.